The van der Waals surface area contributed by atoms with Crippen LogP contribution in [0.3, 0.4) is 0 Å². The number of carbonyl (C=O) groups is 1. The van der Waals surface area contributed by atoms with Gasteiger partial charge in [-0.25, -0.2) is 16.5 Å². The number of hydrazine groups is 2. The van der Waals surface area contributed by atoms with Crippen LogP contribution in [0.2, 0.25) is 0 Å². The molecule has 0 atom stereocenters. The van der Waals surface area contributed by atoms with Crippen molar-refractivity contribution >= 4 is 30.8 Å². The number of carbonyl (C=O) groups excluding carboxylic acids is 1. The molecule has 0 aromatic rings. The molecule has 0 unspecified atom stereocenters. The summed E-state index contributed by atoms with van der Waals surface area (Å²) in [5.41, 5.74) is 0. The Morgan fingerprint density at radius 2 is 1.14 bits per heavy atom. The van der Waals surface area contributed by atoms with E-state index in [1.807, 2.05) is 27.7 Å². The van der Waals surface area contributed by atoms with Crippen LogP contribution >= 0.6 is 24.8 Å². The van der Waals surface area contributed by atoms with E-state index in [-0.39, 0.29) is 42.9 Å². The number of amides is 2. The quantitative estimate of drug-likeness (QED) is 0.436. The van der Waals surface area contributed by atoms with E-state index in [9.17, 15) is 4.79 Å². The van der Waals surface area contributed by atoms with Crippen molar-refractivity contribution in [3.05, 3.63) is 0 Å². The molecule has 0 rings (SSSR count). The number of urea groups is 1. The monoisotopic (exact) mass is 246 g/mol. The van der Waals surface area contributed by atoms with Crippen molar-refractivity contribution < 1.29 is 4.79 Å². The number of hydrogen-bond donors (Lipinski definition) is 2. The van der Waals surface area contributed by atoms with E-state index >= 15 is 0 Å². The van der Waals surface area contributed by atoms with Crippen LogP contribution in [0.4, 0.5) is 4.79 Å². The van der Waals surface area contributed by atoms with Gasteiger partial charge in [0.25, 0.3) is 0 Å². The van der Waals surface area contributed by atoms with Crippen molar-refractivity contribution in [3.8, 4) is 0 Å². The van der Waals surface area contributed by atoms with Crippen molar-refractivity contribution in [1.82, 2.24) is 10.0 Å². The van der Waals surface area contributed by atoms with Gasteiger partial charge in [-0.1, -0.05) is 0 Å². The Hall–Kier alpha value is -0.230. The van der Waals surface area contributed by atoms with Gasteiger partial charge in [-0.3, -0.25) is 10.0 Å². The molecule has 0 spiro atoms. The summed E-state index contributed by atoms with van der Waals surface area (Å²) in [6.07, 6.45) is 0. The van der Waals surface area contributed by atoms with Gasteiger partial charge in [-0.05, 0) is 27.7 Å². The molecule has 0 heterocycles. The standard InChI is InChI=1S/C7H18N4O.2ClH/c1-5(2)10(8)7(12)11(9)6(3)4;;/h5-6H,8-9H2,1-4H3;2*1H. The van der Waals surface area contributed by atoms with Gasteiger partial charge >= 0.3 is 6.03 Å². The zero-order chi connectivity index (χ0) is 9.89. The maximum Gasteiger partial charge on any atom is 0.348 e. The Labute approximate surface area is 97.5 Å². The molecule has 5 nitrogen and oxygen atoms in total. The van der Waals surface area contributed by atoms with Gasteiger partial charge in [-0.15, -0.1) is 24.8 Å². The van der Waals surface area contributed by atoms with Crippen LogP contribution in [-0.2, 0) is 0 Å². The molecule has 0 fully saturated rings. The molecule has 2 amide bonds. The summed E-state index contributed by atoms with van der Waals surface area (Å²) in [4.78, 5) is 11.3. The van der Waals surface area contributed by atoms with Gasteiger partial charge in [0.05, 0.1) is 0 Å². The van der Waals surface area contributed by atoms with E-state index in [0.29, 0.717) is 0 Å². The predicted octanol–water partition coefficient (Wildman–Crippen LogP) is 1.12. The Bertz CT molecular complexity index is 150. The average Bonchev–Trinajstić information content (AvgIpc) is 2.00. The van der Waals surface area contributed by atoms with Crippen molar-refractivity contribution in [2.45, 2.75) is 39.8 Å². The van der Waals surface area contributed by atoms with Gasteiger partial charge in [0, 0.05) is 12.1 Å². The summed E-state index contributed by atoms with van der Waals surface area (Å²) in [6, 6.07) is -0.440. The largest absolute Gasteiger partial charge is 0.348 e. The normalized spacial score (nSPS) is 9.14. The second kappa shape index (κ2) is 8.11. The second-order valence-electron chi connectivity index (χ2n) is 3.28. The molecule has 0 aromatic heterocycles. The molecule has 0 aliphatic rings. The highest BCUT2D eigenvalue weighted by Gasteiger charge is 2.19. The molecule has 0 aliphatic carbocycles. The van der Waals surface area contributed by atoms with Crippen LogP contribution in [0.5, 0.6) is 0 Å². The molecule has 7 heteroatoms. The van der Waals surface area contributed by atoms with E-state index in [0.717, 1.165) is 10.0 Å². The zero-order valence-electron chi connectivity index (χ0n) is 8.93. The molecule has 0 aliphatic heterocycles. The summed E-state index contributed by atoms with van der Waals surface area (Å²) < 4.78 is 0. The van der Waals surface area contributed by atoms with Crippen molar-refractivity contribution in [1.29, 1.82) is 0 Å². The number of nitrogens with zero attached hydrogens (tertiary/aromatic N) is 2. The first-order valence-electron chi connectivity index (χ1n) is 3.99. The van der Waals surface area contributed by atoms with Crippen LogP contribution in [0, 0.1) is 0 Å². The fraction of sp³-hybridized carbons (Fsp3) is 0.857. The average molecular weight is 247 g/mol. The number of hydrogen-bond acceptors (Lipinski definition) is 3. The molecule has 0 aromatic carbocycles. The summed E-state index contributed by atoms with van der Waals surface area (Å²) in [7, 11) is 0. The number of rotatable bonds is 2. The Kier molecular flexibility index (Phi) is 11.2. The summed E-state index contributed by atoms with van der Waals surface area (Å²) in [5.74, 6) is 10.9. The van der Waals surface area contributed by atoms with Crippen molar-refractivity contribution in [2.75, 3.05) is 0 Å². The highest BCUT2D eigenvalue weighted by atomic mass is 35.5. The SMILES string of the molecule is CC(C)N(N)C(=O)N(N)C(C)C.Cl.Cl. The van der Waals surface area contributed by atoms with Gasteiger partial charge in [-0.2, -0.15) is 0 Å². The second-order valence-corrected chi connectivity index (χ2v) is 3.28. The predicted molar refractivity (Wildman–Crippen MR) is 62.2 cm³/mol. The summed E-state index contributed by atoms with van der Waals surface area (Å²) in [5, 5.41) is 2.22. The first-order valence-corrected chi connectivity index (χ1v) is 3.99. The highest BCUT2D eigenvalue weighted by Crippen LogP contribution is 1.98. The maximum absolute atomic E-state index is 11.3. The Balaban J connectivity index is -0.000000605. The minimum atomic E-state index is -0.361. The van der Waals surface area contributed by atoms with Gasteiger partial charge in [0.2, 0.25) is 0 Å². The molecule has 14 heavy (non-hydrogen) atoms. The van der Waals surface area contributed by atoms with Gasteiger partial charge in [0.1, 0.15) is 0 Å². The number of nitrogens with two attached hydrogens (primary N) is 2. The topological polar surface area (TPSA) is 75.6 Å². The van der Waals surface area contributed by atoms with E-state index in [1.165, 1.54) is 0 Å². The van der Waals surface area contributed by atoms with Crippen LogP contribution in [-0.4, -0.2) is 28.1 Å². The lowest BCUT2D eigenvalue weighted by molar-refractivity contribution is 0.129. The van der Waals surface area contributed by atoms with Crippen molar-refractivity contribution in [2.24, 2.45) is 11.7 Å². The smallest absolute Gasteiger partial charge is 0.259 e. The maximum atomic E-state index is 11.3. The van der Waals surface area contributed by atoms with E-state index in [4.69, 9.17) is 11.7 Å². The zero-order valence-corrected chi connectivity index (χ0v) is 10.6. The third-order valence-electron chi connectivity index (χ3n) is 1.55. The minimum absolute atomic E-state index is 0. The lowest BCUT2D eigenvalue weighted by Gasteiger charge is -2.28. The molecular weight excluding hydrogens is 227 g/mol. The van der Waals surface area contributed by atoms with Crippen LogP contribution in [0.15, 0.2) is 0 Å². The minimum Gasteiger partial charge on any atom is -0.259 e. The third-order valence-corrected chi connectivity index (χ3v) is 1.55. The van der Waals surface area contributed by atoms with Gasteiger partial charge < -0.3 is 0 Å². The molecule has 4 N–H and O–H groups in total. The lowest BCUT2D eigenvalue weighted by Crippen LogP contribution is -2.55. The van der Waals surface area contributed by atoms with E-state index < -0.39 is 0 Å². The first-order chi connectivity index (χ1) is 5.37. The van der Waals surface area contributed by atoms with E-state index in [2.05, 4.69) is 0 Å². The molecule has 88 valence electrons. The fourth-order valence-electron chi connectivity index (χ4n) is 0.575. The van der Waals surface area contributed by atoms with Gasteiger partial charge in [0.15, 0.2) is 0 Å². The van der Waals surface area contributed by atoms with Crippen LogP contribution < -0.4 is 11.7 Å². The van der Waals surface area contributed by atoms with Crippen LogP contribution in [0.25, 0.3) is 0 Å². The highest BCUT2D eigenvalue weighted by molar-refractivity contribution is 5.85. The summed E-state index contributed by atoms with van der Waals surface area (Å²) >= 11 is 0. The first kappa shape index (κ1) is 19.4. The molecule has 0 saturated carbocycles. The van der Waals surface area contributed by atoms with Crippen molar-refractivity contribution in [3.63, 3.8) is 0 Å². The number of halogens is 2. The molecule has 0 bridgehead atoms. The van der Waals surface area contributed by atoms with Crippen LogP contribution in [0.1, 0.15) is 27.7 Å². The molecule has 0 radical (unpaired) electrons. The third kappa shape index (κ3) is 5.49. The lowest BCUT2D eigenvalue weighted by atomic mass is 10.3. The van der Waals surface area contributed by atoms with E-state index in [1.54, 1.807) is 0 Å². The molecular formula is C7H20Cl2N4O. The Morgan fingerprint density at radius 3 is 1.29 bits per heavy atom. The Morgan fingerprint density at radius 1 is 0.929 bits per heavy atom. The molecule has 0 saturated heterocycles. The summed E-state index contributed by atoms with van der Waals surface area (Å²) in [6.45, 7) is 7.30. The fourth-order valence-corrected chi connectivity index (χ4v) is 0.575.